The van der Waals surface area contributed by atoms with Gasteiger partial charge in [0.05, 0.1) is 10.5 Å². The van der Waals surface area contributed by atoms with E-state index in [2.05, 4.69) is 9.88 Å². The van der Waals surface area contributed by atoms with Crippen molar-refractivity contribution in [3.8, 4) is 0 Å². The molecule has 0 unspecified atom stereocenters. The molecule has 22 heavy (non-hydrogen) atoms. The van der Waals surface area contributed by atoms with Gasteiger partial charge in [-0.05, 0) is 19.2 Å². The molecule has 0 saturated carbocycles. The van der Waals surface area contributed by atoms with Crippen molar-refractivity contribution < 1.29 is 9.18 Å². The number of carbonyl (C=O) groups excluding carboxylic acids is 1. The number of benzene rings is 1. The van der Waals surface area contributed by atoms with Gasteiger partial charge in [-0.25, -0.2) is 4.39 Å². The highest BCUT2D eigenvalue weighted by molar-refractivity contribution is 6.31. The predicted molar refractivity (Wildman–Crippen MR) is 82.9 cm³/mol. The molecule has 1 amide bonds. The average molecular weight is 324 g/mol. The Morgan fingerprint density at radius 2 is 1.95 bits per heavy atom. The quantitative estimate of drug-likeness (QED) is 0.869. The first-order chi connectivity index (χ1) is 10.5. The van der Waals surface area contributed by atoms with Gasteiger partial charge in [0, 0.05) is 37.8 Å². The molecular formula is C15H15ClFN3O2. The molecule has 1 fully saturated rings. The maximum absolute atomic E-state index is 13.6. The molecule has 2 aromatic rings. The molecule has 7 heteroatoms. The van der Waals surface area contributed by atoms with E-state index in [-0.39, 0.29) is 21.9 Å². The van der Waals surface area contributed by atoms with Crippen LogP contribution in [0.1, 0.15) is 10.4 Å². The van der Waals surface area contributed by atoms with Gasteiger partial charge in [-0.15, -0.1) is 0 Å². The van der Waals surface area contributed by atoms with Gasteiger partial charge in [-0.2, -0.15) is 0 Å². The second-order valence-corrected chi connectivity index (χ2v) is 5.85. The van der Waals surface area contributed by atoms with Crippen LogP contribution in [-0.4, -0.2) is 53.9 Å². The highest BCUT2D eigenvalue weighted by atomic mass is 35.5. The summed E-state index contributed by atoms with van der Waals surface area (Å²) in [5, 5.41) is 0.0585. The Kier molecular flexibility index (Phi) is 3.88. The van der Waals surface area contributed by atoms with Crippen LogP contribution in [0.15, 0.2) is 23.1 Å². The van der Waals surface area contributed by atoms with Gasteiger partial charge in [0.2, 0.25) is 5.43 Å². The maximum atomic E-state index is 13.6. The third kappa shape index (κ3) is 2.60. The van der Waals surface area contributed by atoms with Gasteiger partial charge in [0.25, 0.3) is 5.91 Å². The molecule has 1 aromatic heterocycles. The molecule has 0 bridgehead atoms. The van der Waals surface area contributed by atoms with Crippen molar-refractivity contribution in [1.82, 2.24) is 14.8 Å². The maximum Gasteiger partial charge on any atom is 0.259 e. The number of hydrogen-bond acceptors (Lipinski definition) is 3. The van der Waals surface area contributed by atoms with Gasteiger partial charge in [0.1, 0.15) is 11.4 Å². The Bertz CT molecular complexity index is 797. The molecule has 0 aliphatic carbocycles. The Labute approximate surface area is 131 Å². The average Bonchev–Trinajstić information content (AvgIpc) is 2.50. The summed E-state index contributed by atoms with van der Waals surface area (Å²) in [5.74, 6) is -1.00. The van der Waals surface area contributed by atoms with Crippen molar-refractivity contribution in [1.29, 1.82) is 0 Å². The highest BCUT2D eigenvalue weighted by Crippen LogP contribution is 2.20. The van der Waals surface area contributed by atoms with Gasteiger partial charge in [-0.1, -0.05) is 11.6 Å². The lowest BCUT2D eigenvalue weighted by Gasteiger charge is -2.32. The number of amides is 1. The molecule has 0 atom stereocenters. The second-order valence-electron chi connectivity index (χ2n) is 5.44. The van der Waals surface area contributed by atoms with Crippen LogP contribution in [0.2, 0.25) is 5.02 Å². The number of halogens is 2. The Morgan fingerprint density at radius 1 is 1.27 bits per heavy atom. The fraction of sp³-hybridized carbons (Fsp3) is 0.333. The Hall–Kier alpha value is -1.92. The molecule has 5 nitrogen and oxygen atoms in total. The number of H-pyrrole nitrogens is 1. The molecule has 1 aliphatic rings. The summed E-state index contributed by atoms with van der Waals surface area (Å²) >= 11 is 5.70. The first-order valence-corrected chi connectivity index (χ1v) is 7.33. The lowest BCUT2D eigenvalue weighted by atomic mass is 10.1. The monoisotopic (exact) mass is 323 g/mol. The smallest absolute Gasteiger partial charge is 0.259 e. The molecule has 116 valence electrons. The number of likely N-dealkylation sites (N-methyl/N-ethyl adjacent to an activating group) is 1. The molecular weight excluding hydrogens is 309 g/mol. The highest BCUT2D eigenvalue weighted by Gasteiger charge is 2.23. The summed E-state index contributed by atoms with van der Waals surface area (Å²) in [7, 11) is 1.98. The number of aromatic amines is 1. The fourth-order valence-electron chi connectivity index (χ4n) is 2.55. The summed E-state index contributed by atoms with van der Waals surface area (Å²) in [6.07, 6.45) is 1.37. The van der Waals surface area contributed by atoms with E-state index in [1.165, 1.54) is 12.3 Å². The van der Waals surface area contributed by atoms with Crippen LogP contribution in [0.3, 0.4) is 0 Å². The van der Waals surface area contributed by atoms with Crippen LogP contribution in [-0.2, 0) is 0 Å². The van der Waals surface area contributed by atoms with E-state index in [1.54, 1.807) is 4.90 Å². The largest absolute Gasteiger partial charge is 0.360 e. The zero-order chi connectivity index (χ0) is 15.9. The number of nitrogens with zero attached hydrogens (tertiary/aromatic N) is 2. The van der Waals surface area contributed by atoms with Crippen LogP contribution in [0.4, 0.5) is 4.39 Å². The summed E-state index contributed by atoms with van der Waals surface area (Å²) in [5.41, 5.74) is -0.0432. The fourth-order valence-corrected chi connectivity index (χ4v) is 2.72. The van der Waals surface area contributed by atoms with E-state index >= 15 is 0 Å². The SMILES string of the molecule is CN1CCN(C(=O)c2c[nH]c3cc(Cl)c(F)cc3c2=O)CC1. The molecule has 0 radical (unpaired) electrons. The third-order valence-electron chi connectivity index (χ3n) is 3.94. The molecule has 1 aliphatic heterocycles. The minimum Gasteiger partial charge on any atom is -0.360 e. The van der Waals surface area contributed by atoms with Crippen molar-refractivity contribution in [2.24, 2.45) is 0 Å². The number of nitrogens with one attached hydrogen (secondary N) is 1. The molecule has 3 rings (SSSR count). The van der Waals surface area contributed by atoms with E-state index in [4.69, 9.17) is 11.6 Å². The molecule has 1 saturated heterocycles. The number of piperazine rings is 1. The summed E-state index contributed by atoms with van der Waals surface area (Å²) < 4.78 is 13.6. The minimum atomic E-state index is -0.677. The predicted octanol–water partition coefficient (Wildman–Crippen LogP) is 1.71. The number of aromatic nitrogens is 1. The first kappa shape index (κ1) is 15.0. The van der Waals surface area contributed by atoms with Crippen LogP contribution < -0.4 is 5.43 Å². The standard InChI is InChI=1S/C15H15ClFN3O2/c1-19-2-4-20(5-3-19)15(22)10-8-18-13-7-11(16)12(17)6-9(13)14(10)21/h6-8H,2-5H2,1H3,(H,18,21). The van der Waals surface area contributed by atoms with Gasteiger partial charge in [0.15, 0.2) is 0 Å². The number of carbonyl (C=O) groups is 1. The number of hydrogen-bond donors (Lipinski definition) is 1. The normalized spacial score (nSPS) is 16.2. The van der Waals surface area contributed by atoms with E-state index in [1.807, 2.05) is 7.05 Å². The van der Waals surface area contributed by atoms with E-state index in [0.29, 0.717) is 18.6 Å². The number of rotatable bonds is 1. The van der Waals surface area contributed by atoms with Crippen molar-refractivity contribution in [2.75, 3.05) is 33.2 Å². The molecule has 1 N–H and O–H groups in total. The van der Waals surface area contributed by atoms with Crippen LogP contribution in [0.25, 0.3) is 10.9 Å². The van der Waals surface area contributed by atoms with Gasteiger partial charge >= 0.3 is 0 Å². The molecule has 1 aromatic carbocycles. The lowest BCUT2D eigenvalue weighted by Crippen LogP contribution is -2.48. The Morgan fingerprint density at radius 3 is 2.64 bits per heavy atom. The van der Waals surface area contributed by atoms with E-state index in [9.17, 15) is 14.0 Å². The first-order valence-electron chi connectivity index (χ1n) is 6.95. The third-order valence-corrected chi connectivity index (χ3v) is 4.23. The van der Waals surface area contributed by atoms with Gasteiger partial charge < -0.3 is 14.8 Å². The lowest BCUT2D eigenvalue weighted by molar-refractivity contribution is 0.0662. The van der Waals surface area contributed by atoms with Gasteiger partial charge in [-0.3, -0.25) is 9.59 Å². The zero-order valence-corrected chi connectivity index (χ0v) is 12.8. The molecule has 0 spiro atoms. The summed E-state index contributed by atoms with van der Waals surface area (Å²) in [6.45, 7) is 2.67. The van der Waals surface area contributed by atoms with Crippen LogP contribution in [0, 0.1) is 5.82 Å². The summed E-state index contributed by atoms with van der Waals surface area (Å²) in [6, 6.07) is 2.41. The summed E-state index contributed by atoms with van der Waals surface area (Å²) in [4.78, 5) is 31.5. The number of fused-ring (bicyclic) bond motifs is 1. The van der Waals surface area contributed by atoms with Crippen molar-refractivity contribution in [3.05, 3.63) is 45.0 Å². The minimum absolute atomic E-state index is 0.0266. The van der Waals surface area contributed by atoms with Crippen molar-refractivity contribution >= 4 is 28.4 Å². The van der Waals surface area contributed by atoms with Crippen molar-refractivity contribution in [2.45, 2.75) is 0 Å². The van der Waals surface area contributed by atoms with E-state index in [0.717, 1.165) is 19.2 Å². The second kappa shape index (κ2) is 5.70. The number of pyridine rings is 1. The molecule has 2 heterocycles. The Balaban J connectivity index is 2.01. The van der Waals surface area contributed by atoms with Crippen molar-refractivity contribution in [3.63, 3.8) is 0 Å². The van der Waals surface area contributed by atoms with Crippen LogP contribution >= 0.6 is 11.6 Å². The van der Waals surface area contributed by atoms with Crippen LogP contribution in [0.5, 0.6) is 0 Å². The topological polar surface area (TPSA) is 56.4 Å². The van der Waals surface area contributed by atoms with E-state index < -0.39 is 11.2 Å². The zero-order valence-electron chi connectivity index (χ0n) is 12.0.